The summed E-state index contributed by atoms with van der Waals surface area (Å²) in [4.78, 5) is 35.1. The van der Waals surface area contributed by atoms with Crippen LogP contribution < -0.4 is 0 Å². The van der Waals surface area contributed by atoms with E-state index in [1.54, 1.807) is 13.8 Å². The molecular formula is C16H26O5. The van der Waals surface area contributed by atoms with Crippen molar-refractivity contribution in [3.05, 3.63) is 0 Å². The first-order valence-corrected chi connectivity index (χ1v) is 7.93. The van der Waals surface area contributed by atoms with E-state index in [0.29, 0.717) is 38.9 Å². The average Bonchev–Trinajstić information content (AvgIpc) is 2.45. The van der Waals surface area contributed by atoms with Crippen molar-refractivity contribution in [3.63, 3.8) is 0 Å². The molecule has 2 atom stereocenters. The van der Waals surface area contributed by atoms with Gasteiger partial charge in [0.05, 0.1) is 13.2 Å². The number of ether oxygens (including phenoxy) is 2. The smallest absolute Gasteiger partial charge is 0.305 e. The molecule has 1 aliphatic rings. The van der Waals surface area contributed by atoms with E-state index < -0.39 is 0 Å². The van der Waals surface area contributed by atoms with Crippen LogP contribution in [0.4, 0.5) is 0 Å². The van der Waals surface area contributed by atoms with Crippen LogP contribution in [0.25, 0.3) is 0 Å². The lowest BCUT2D eigenvalue weighted by Crippen LogP contribution is -2.29. The van der Waals surface area contributed by atoms with Gasteiger partial charge in [0.25, 0.3) is 0 Å². The van der Waals surface area contributed by atoms with Crippen LogP contribution in [0.3, 0.4) is 0 Å². The highest BCUT2D eigenvalue weighted by atomic mass is 16.5. The molecule has 5 nitrogen and oxygen atoms in total. The molecule has 5 heteroatoms. The Morgan fingerprint density at radius 2 is 1.38 bits per heavy atom. The fourth-order valence-corrected chi connectivity index (χ4v) is 2.85. The second-order valence-corrected chi connectivity index (χ2v) is 5.41. The van der Waals surface area contributed by atoms with Crippen molar-refractivity contribution in [1.82, 2.24) is 0 Å². The lowest BCUT2D eigenvalue weighted by Gasteiger charge is -2.27. The van der Waals surface area contributed by atoms with Crippen molar-refractivity contribution >= 4 is 17.7 Å². The van der Waals surface area contributed by atoms with Crippen LogP contribution in [0.5, 0.6) is 0 Å². The van der Waals surface area contributed by atoms with E-state index in [1.165, 1.54) is 0 Å². The van der Waals surface area contributed by atoms with Gasteiger partial charge in [-0.15, -0.1) is 0 Å². The Kier molecular flexibility index (Phi) is 8.01. The van der Waals surface area contributed by atoms with Crippen molar-refractivity contribution in [2.45, 2.75) is 58.8 Å². The first-order chi connectivity index (χ1) is 10.1. The molecule has 0 spiro atoms. The van der Waals surface area contributed by atoms with Crippen molar-refractivity contribution in [1.29, 1.82) is 0 Å². The van der Waals surface area contributed by atoms with Crippen LogP contribution in [0.1, 0.15) is 58.8 Å². The van der Waals surface area contributed by atoms with Crippen LogP contribution in [0.15, 0.2) is 0 Å². The SMILES string of the molecule is CCOC(=O)CC[C@H]1CCC[C@H](CCC(=O)OCC)C1=O. The van der Waals surface area contributed by atoms with Crippen molar-refractivity contribution in [2.75, 3.05) is 13.2 Å². The molecule has 0 unspecified atom stereocenters. The number of rotatable bonds is 8. The molecule has 1 saturated carbocycles. The summed E-state index contributed by atoms with van der Waals surface area (Å²) < 4.78 is 9.78. The third-order valence-electron chi connectivity index (χ3n) is 3.91. The first kappa shape index (κ1) is 17.7. The van der Waals surface area contributed by atoms with E-state index in [9.17, 15) is 14.4 Å². The number of hydrogen-bond acceptors (Lipinski definition) is 5. The predicted octanol–water partition coefficient (Wildman–Crippen LogP) is 2.66. The fraction of sp³-hybridized carbons (Fsp3) is 0.812. The Labute approximate surface area is 126 Å². The Balaban J connectivity index is 2.37. The second kappa shape index (κ2) is 9.53. The largest absolute Gasteiger partial charge is 0.466 e. The van der Waals surface area contributed by atoms with E-state index in [-0.39, 0.29) is 29.6 Å². The Morgan fingerprint density at radius 3 is 1.76 bits per heavy atom. The topological polar surface area (TPSA) is 69.7 Å². The van der Waals surface area contributed by atoms with Gasteiger partial charge in [-0.1, -0.05) is 6.42 Å². The number of esters is 2. The summed E-state index contributed by atoms with van der Waals surface area (Å²) in [5.74, 6) is -0.390. The molecule has 0 aromatic carbocycles. The monoisotopic (exact) mass is 298 g/mol. The summed E-state index contributed by atoms with van der Waals surface area (Å²) >= 11 is 0. The summed E-state index contributed by atoms with van der Waals surface area (Å²) in [5, 5.41) is 0. The standard InChI is InChI=1S/C16H26O5/c1-3-20-14(17)10-8-12-6-5-7-13(16(12)19)9-11-15(18)21-4-2/h12-13H,3-11H2,1-2H3/t12-,13-/m1/s1. The summed E-state index contributed by atoms with van der Waals surface area (Å²) in [7, 11) is 0. The quantitative estimate of drug-likeness (QED) is 0.644. The highest BCUT2D eigenvalue weighted by molar-refractivity contribution is 5.85. The Bertz CT molecular complexity index is 332. The number of Topliss-reactive ketones (excluding diaryl/α,β-unsaturated/α-hetero) is 1. The van der Waals surface area contributed by atoms with Crippen LogP contribution in [0.2, 0.25) is 0 Å². The van der Waals surface area contributed by atoms with Crippen LogP contribution >= 0.6 is 0 Å². The van der Waals surface area contributed by atoms with Crippen LogP contribution in [-0.4, -0.2) is 30.9 Å². The molecule has 1 rings (SSSR count). The minimum Gasteiger partial charge on any atom is -0.466 e. The lowest BCUT2D eigenvalue weighted by molar-refractivity contribution is -0.144. The van der Waals surface area contributed by atoms with E-state index in [2.05, 4.69) is 0 Å². The third kappa shape index (κ3) is 6.27. The van der Waals surface area contributed by atoms with Gasteiger partial charge in [0.1, 0.15) is 5.78 Å². The zero-order valence-electron chi connectivity index (χ0n) is 13.1. The molecule has 0 N–H and O–H groups in total. The zero-order valence-corrected chi connectivity index (χ0v) is 13.1. The van der Waals surface area contributed by atoms with Crippen LogP contribution in [-0.2, 0) is 23.9 Å². The van der Waals surface area contributed by atoms with E-state index >= 15 is 0 Å². The van der Waals surface area contributed by atoms with Gasteiger partial charge in [-0.2, -0.15) is 0 Å². The molecule has 21 heavy (non-hydrogen) atoms. The van der Waals surface area contributed by atoms with Gasteiger partial charge in [0.15, 0.2) is 0 Å². The first-order valence-electron chi connectivity index (χ1n) is 7.93. The molecule has 0 aromatic rings. The van der Waals surface area contributed by atoms with Gasteiger partial charge in [-0.3, -0.25) is 14.4 Å². The molecule has 0 heterocycles. The molecule has 0 saturated heterocycles. The molecule has 120 valence electrons. The number of carbonyl (C=O) groups excluding carboxylic acids is 3. The van der Waals surface area contributed by atoms with Gasteiger partial charge in [0.2, 0.25) is 0 Å². The maximum atomic E-state index is 12.4. The molecule has 0 aromatic heterocycles. The number of carbonyl (C=O) groups is 3. The van der Waals surface area contributed by atoms with E-state index in [1.807, 2.05) is 0 Å². The van der Waals surface area contributed by atoms with Crippen molar-refractivity contribution < 1.29 is 23.9 Å². The average molecular weight is 298 g/mol. The van der Waals surface area contributed by atoms with Crippen molar-refractivity contribution in [2.24, 2.45) is 11.8 Å². The molecule has 0 amide bonds. The summed E-state index contributed by atoms with van der Waals surface area (Å²) in [6, 6.07) is 0. The third-order valence-corrected chi connectivity index (χ3v) is 3.91. The van der Waals surface area contributed by atoms with Gasteiger partial charge < -0.3 is 9.47 Å². The van der Waals surface area contributed by atoms with Gasteiger partial charge in [-0.25, -0.2) is 0 Å². The number of ketones is 1. The summed E-state index contributed by atoms with van der Waals surface area (Å²) in [6.07, 6.45) is 4.39. The highest BCUT2D eigenvalue weighted by Crippen LogP contribution is 2.31. The minimum absolute atomic E-state index is 0.0599. The Morgan fingerprint density at radius 1 is 0.952 bits per heavy atom. The summed E-state index contributed by atoms with van der Waals surface area (Å²) in [6.45, 7) is 4.30. The zero-order chi connectivity index (χ0) is 15.7. The Hall–Kier alpha value is -1.39. The number of hydrogen-bond donors (Lipinski definition) is 0. The molecule has 1 fully saturated rings. The van der Waals surface area contributed by atoms with E-state index in [4.69, 9.17) is 9.47 Å². The predicted molar refractivity (Wildman–Crippen MR) is 77.6 cm³/mol. The highest BCUT2D eigenvalue weighted by Gasteiger charge is 2.31. The van der Waals surface area contributed by atoms with Gasteiger partial charge in [-0.05, 0) is 39.5 Å². The van der Waals surface area contributed by atoms with Gasteiger partial charge >= 0.3 is 11.9 Å². The minimum atomic E-state index is -0.237. The molecule has 0 aliphatic heterocycles. The second-order valence-electron chi connectivity index (χ2n) is 5.41. The fourth-order valence-electron chi connectivity index (χ4n) is 2.85. The molecule has 1 aliphatic carbocycles. The van der Waals surface area contributed by atoms with Gasteiger partial charge in [0, 0.05) is 24.7 Å². The molecule has 0 bridgehead atoms. The van der Waals surface area contributed by atoms with E-state index in [0.717, 1.165) is 19.3 Å². The summed E-state index contributed by atoms with van der Waals surface area (Å²) in [5.41, 5.74) is 0. The molecule has 0 radical (unpaired) electrons. The normalized spacial score (nSPS) is 21.9. The van der Waals surface area contributed by atoms with Crippen molar-refractivity contribution in [3.8, 4) is 0 Å². The molecular weight excluding hydrogens is 272 g/mol. The van der Waals surface area contributed by atoms with Crippen LogP contribution in [0, 0.1) is 11.8 Å². The maximum Gasteiger partial charge on any atom is 0.305 e. The lowest BCUT2D eigenvalue weighted by atomic mass is 9.76. The maximum absolute atomic E-state index is 12.4.